The summed E-state index contributed by atoms with van der Waals surface area (Å²) in [4.78, 5) is 18.2. The van der Waals surface area contributed by atoms with E-state index >= 15 is 0 Å². The quantitative estimate of drug-likeness (QED) is 0.395. The molecule has 1 radical (unpaired) electrons. The minimum atomic E-state index is -1.82. The van der Waals surface area contributed by atoms with Crippen LogP contribution in [0.3, 0.4) is 0 Å². The number of rotatable bonds is 0. The molecular formula is C2H2FeMnO4. The van der Waals surface area contributed by atoms with Gasteiger partial charge in [0.25, 0.3) is 0 Å². The second-order valence-corrected chi connectivity index (χ2v) is 0.610. The van der Waals surface area contributed by atoms with Crippen molar-refractivity contribution in [2.75, 3.05) is 0 Å². The summed E-state index contributed by atoms with van der Waals surface area (Å²) in [6.07, 6.45) is 0. The van der Waals surface area contributed by atoms with E-state index in [1.165, 1.54) is 0 Å². The molecule has 8 heavy (non-hydrogen) atoms. The fourth-order valence-electron chi connectivity index (χ4n) is 0. The minimum Gasteiger partial charge on any atom is -0.473 e. The molecule has 49 valence electrons. The molecule has 0 heterocycles. The van der Waals surface area contributed by atoms with Crippen molar-refractivity contribution in [3.63, 3.8) is 0 Å². The third-order valence-electron chi connectivity index (χ3n) is 0.183. The molecule has 0 saturated carbocycles. The SMILES string of the molecule is O=C(O)C(=O)O.[Fe].[Mn]. The second-order valence-electron chi connectivity index (χ2n) is 0.610. The van der Waals surface area contributed by atoms with Crippen molar-refractivity contribution in [3.8, 4) is 0 Å². The number of carboxylic acids is 2. The Morgan fingerprint density at radius 1 is 1.00 bits per heavy atom. The van der Waals surface area contributed by atoms with Crippen molar-refractivity contribution in [3.05, 3.63) is 0 Å². The van der Waals surface area contributed by atoms with E-state index in [1.54, 1.807) is 0 Å². The van der Waals surface area contributed by atoms with Gasteiger partial charge in [-0.25, -0.2) is 9.59 Å². The van der Waals surface area contributed by atoms with Crippen LogP contribution in [0, 0.1) is 0 Å². The van der Waals surface area contributed by atoms with Crippen LogP contribution in [0.1, 0.15) is 0 Å². The van der Waals surface area contributed by atoms with E-state index in [2.05, 4.69) is 0 Å². The maximum Gasteiger partial charge on any atom is 0.414 e. The molecule has 0 aromatic rings. The predicted molar refractivity (Wildman–Crippen MR) is 15.3 cm³/mol. The van der Waals surface area contributed by atoms with E-state index in [0.29, 0.717) is 0 Å². The van der Waals surface area contributed by atoms with Gasteiger partial charge in [-0.2, -0.15) is 0 Å². The molecule has 6 heteroatoms. The first-order valence-electron chi connectivity index (χ1n) is 1.11. The minimum absolute atomic E-state index is 0. The van der Waals surface area contributed by atoms with Crippen LogP contribution in [0.4, 0.5) is 0 Å². The molecule has 0 aromatic heterocycles. The van der Waals surface area contributed by atoms with Gasteiger partial charge >= 0.3 is 11.9 Å². The third kappa shape index (κ3) is 9.36. The standard InChI is InChI=1S/C2H2O4.Fe.Mn/c3-1(4)2(5)6;;/h(H,3,4)(H,5,6);;. The van der Waals surface area contributed by atoms with Crippen molar-refractivity contribution >= 4 is 11.9 Å². The van der Waals surface area contributed by atoms with Gasteiger partial charge in [0.2, 0.25) is 0 Å². The van der Waals surface area contributed by atoms with E-state index in [0.717, 1.165) is 0 Å². The maximum absolute atomic E-state index is 9.10. The molecule has 2 N–H and O–H groups in total. The summed E-state index contributed by atoms with van der Waals surface area (Å²) in [5.41, 5.74) is 0. The molecular weight excluding hydrogens is 199 g/mol. The van der Waals surface area contributed by atoms with Gasteiger partial charge in [0.1, 0.15) is 0 Å². The topological polar surface area (TPSA) is 74.6 Å². The average Bonchev–Trinajstić information content (AvgIpc) is 1.36. The van der Waals surface area contributed by atoms with Gasteiger partial charge in [-0.05, 0) is 0 Å². The molecule has 0 bridgehead atoms. The molecule has 0 aromatic carbocycles. The zero-order valence-electron chi connectivity index (χ0n) is 3.44. The first-order chi connectivity index (χ1) is 2.64. The largest absolute Gasteiger partial charge is 0.473 e. The molecule has 0 rings (SSSR count). The Morgan fingerprint density at radius 3 is 1.12 bits per heavy atom. The summed E-state index contributed by atoms with van der Waals surface area (Å²) in [5, 5.41) is 14.8. The summed E-state index contributed by atoms with van der Waals surface area (Å²) < 4.78 is 0. The van der Waals surface area contributed by atoms with Crippen LogP contribution in [0.2, 0.25) is 0 Å². The maximum atomic E-state index is 9.10. The van der Waals surface area contributed by atoms with Gasteiger partial charge in [-0.1, -0.05) is 0 Å². The predicted octanol–water partition coefficient (Wildman–Crippen LogP) is -0.849. The van der Waals surface area contributed by atoms with Gasteiger partial charge in [0.15, 0.2) is 0 Å². The molecule has 0 fully saturated rings. The van der Waals surface area contributed by atoms with Gasteiger partial charge in [-0.3, -0.25) is 0 Å². The average molecular weight is 201 g/mol. The van der Waals surface area contributed by atoms with Crippen LogP contribution >= 0.6 is 0 Å². The number of hydrogen-bond donors (Lipinski definition) is 2. The molecule has 0 spiro atoms. The summed E-state index contributed by atoms with van der Waals surface area (Å²) in [7, 11) is 0. The van der Waals surface area contributed by atoms with Gasteiger partial charge in [-0.15, -0.1) is 0 Å². The van der Waals surface area contributed by atoms with Gasteiger partial charge < -0.3 is 10.2 Å². The molecule has 0 atom stereocenters. The third-order valence-corrected chi connectivity index (χ3v) is 0.183. The number of hydrogen-bond acceptors (Lipinski definition) is 2. The normalized spacial score (nSPS) is 5.50. The van der Waals surface area contributed by atoms with E-state index in [-0.39, 0.29) is 34.1 Å². The van der Waals surface area contributed by atoms with Crippen LogP contribution < -0.4 is 0 Å². The first-order valence-corrected chi connectivity index (χ1v) is 1.11. The van der Waals surface area contributed by atoms with E-state index in [1.807, 2.05) is 0 Å². The molecule has 4 nitrogen and oxygen atoms in total. The molecule has 0 aliphatic rings. The summed E-state index contributed by atoms with van der Waals surface area (Å²) in [6.45, 7) is 0. The summed E-state index contributed by atoms with van der Waals surface area (Å²) in [6, 6.07) is 0. The Bertz CT molecular complexity index is 80.0. The Morgan fingerprint density at radius 2 is 1.12 bits per heavy atom. The molecule has 0 saturated heterocycles. The van der Waals surface area contributed by atoms with Crippen LogP contribution in [0.15, 0.2) is 0 Å². The Kier molecular flexibility index (Phi) is 13.7. The number of aliphatic carboxylic acids is 2. The zero-order valence-corrected chi connectivity index (χ0v) is 5.73. The van der Waals surface area contributed by atoms with Gasteiger partial charge in [0.05, 0.1) is 0 Å². The monoisotopic (exact) mass is 201 g/mol. The Balaban J connectivity index is -0.000000125. The van der Waals surface area contributed by atoms with E-state index < -0.39 is 11.9 Å². The molecule has 0 amide bonds. The molecule has 0 unspecified atom stereocenters. The number of carbonyl (C=O) groups is 2. The van der Waals surface area contributed by atoms with Gasteiger partial charge in [0, 0.05) is 34.1 Å². The van der Waals surface area contributed by atoms with Crippen molar-refractivity contribution < 1.29 is 53.9 Å². The Labute approximate surface area is 66.2 Å². The summed E-state index contributed by atoms with van der Waals surface area (Å²) in [5.74, 6) is -3.65. The van der Waals surface area contributed by atoms with Crippen LogP contribution in [0.25, 0.3) is 0 Å². The van der Waals surface area contributed by atoms with Crippen LogP contribution in [0.5, 0.6) is 0 Å². The summed E-state index contributed by atoms with van der Waals surface area (Å²) >= 11 is 0. The smallest absolute Gasteiger partial charge is 0.414 e. The molecule has 0 aliphatic heterocycles. The fraction of sp³-hybridized carbons (Fsp3) is 0. The first kappa shape index (κ1) is 15.7. The van der Waals surface area contributed by atoms with Crippen molar-refractivity contribution in [2.24, 2.45) is 0 Å². The van der Waals surface area contributed by atoms with Crippen molar-refractivity contribution in [1.82, 2.24) is 0 Å². The van der Waals surface area contributed by atoms with Crippen LogP contribution in [-0.4, -0.2) is 22.2 Å². The van der Waals surface area contributed by atoms with Crippen molar-refractivity contribution in [2.45, 2.75) is 0 Å². The van der Waals surface area contributed by atoms with E-state index in [4.69, 9.17) is 19.8 Å². The molecule has 0 aliphatic carbocycles. The second kappa shape index (κ2) is 6.98. The number of carboxylic acid groups (broad SMARTS) is 2. The van der Waals surface area contributed by atoms with Crippen LogP contribution in [-0.2, 0) is 43.7 Å². The Hall–Kier alpha value is -0.0210. The zero-order chi connectivity index (χ0) is 5.15. The van der Waals surface area contributed by atoms with E-state index in [9.17, 15) is 0 Å². The fourth-order valence-corrected chi connectivity index (χ4v) is 0. The van der Waals surface area contributed by atoms with Crippen molar-refractivity contribution in [1.29, 1.82) is 0 Å².